The van der Waals surface area contributed by atoms with Gasteiger partial charge in [0.05, 0.1) is 34.2 Å². The maximum Gasteiger partial charge on any atom is 0.251 e. The van der Waals surface area contributed by atoms with Crippen molar-refractivity contribution in [2.24, 2.45) is 5.73 Å². The first-order chi connectivity index (χ1) is 24.9. The van der Waals surface area contributed by atoms with Gasteiger partial charge in [0, 0.05) is 43.1 Å². The van der Waals surface area contributed by atoms with Crippen LogP contribution in [0, 0.1) is 17.1 Å². The highest BCUT2D eigenvalue weighted by molar-refractivity contribution is 7.98. The molecule has 1 saturated heterocycles. The molecule has 0 spiro atoms. The molecule has 0 radical (unpaired) electrons. The van der Waals surface area contributed by atoms with E-state index in [-0.39, 0.29) is 18.7 Å². The van der Waals surface area contributed by atoms with Crippen molar-refractivity contribution in [3.63, 3.8) is 0 Å². The lowest BCUT2D eigenvalue weighted by molar-refractivity contribution is -0.114. The Labute approximate surface area is 314 Å². The quantitative estimate of drug-likeness (QED) is 0.147. The summed E-state index contributed by atoms with van der Waals surface area (Å²) < 4.78 is 26.5. The van der Waals surface area contributed by atoms with Crippen LogP contribution in [-0.4, -0.2) is 79.5 Å². The van der Waals surface area contributed by atoms with Gasteiger partial charge in [0.15, 0.2) is 0 Å². The average Bonchev–Trinajstić information content (AvgIpc) is 3.48. The number of hydrogen-bond acceptors (Lipinski definition) is 9. The predicted octanol–water partition coefficient (Wildman–Crippen LogP) is 7.37. The molecule has 5 rings (SSSR count). The molecule has 2 aliphatic heterocycles. The van der Waals surface area contributed by atoms with Crippen LogP contribution < -0.4 is 26.0 Å². The fraction of sp³-hybridized carbons (Fsp3) is 0.512. The van der Waals surface area contributed by atoms with Gasteiger partial charge in [0.1, 0.15) is 24.3 Å². The molecule has 0 saturated carbocycles. The third kappa shape index (κ3) is 11.1. The molecule has 1 unspecified atom stereocenters. The first kappa shape index (κ1) is 40.9. The van der Waals surface area contributed by atoms with E-state index < -0.39 is 17.0 Å². The highest BCUT2D eigenvalue weighted by atomic mass is 32.2. The Balaban J connectivity index is 0.00000297. The number of piperidine rings is 1. The number of fused-ring (bicyclic) bond motifs is 1. The molecule has 52 heavy (non-hydrogen) atoms. The van der Waals surface area contributed by atoms with E-state index in [1.54, 1.807) is 12.1 Å². The number of nitrogens with zero attached hydrogens (tertiary/aromatic N) is 3. The van der Waals surface area contributed by atoms with Gasteiger partial charge in [-0.05, 0) is 114 Å². The molecule has 282 valence electrons. The number of thioether (sulfide) groups is 1. The van der Waals surface area contributed by atoms with Crippen LogP contribution in [-0.2, 0) is 11.3 Å². The minimum absolute atomic E-state index is 0.107. The van der Waals surface area contributed by atoms with Crippen LogP contribution in [0.5, 0.6) is 5.75 Å². The average molecular weight is 733 g/mol. The van der Waals surface area contributed by atoms with Crippen molar-refractivity contribution in [1.29, 1.82) is 5.26 Å². The highest BCUT2D eigenvalue weighted by Crippen LogP contribution is 2.37. The first-order valence-electron chi connectivity index (χ1n) is 18.4. The zero-order valence-electron chi connectivity index (χ0n) is 31.9. The van der Waals surface area contributed by atoms with Gasteiger partial charge >= 0.3 is 0 Å². The number of nitriles is 1. The Morgan fingerprint density at radius 2 is 1.83 bits per heavy atom. The fourth-order valence-corrected chi connectivity index (χ4v) is 7.11. The predicted molar refractivity (Wildman–Crippen MR) is 212 cm³/mol. The molecule has 4 N–H and O–H groups in total. The summed E-state index contributed by atoms with van der Waals surface area (Å²) in [4.78, 5) is 18.2. The van der Waals surface area contributed by atoms with Crippen molar-refractivity contribution >= 4 is 29.0 Å². The second kappa shape index (κ2) is 18.8. The van der Waals surface area contributed by atoms with Crippen LogP contribution in [0.3, 0.4) is 0 Å². The van der Waals surface area contributed by atoms with Crippen molar-refractivity contribution < 1.29 is 18.7 Å². The molecule has 0 aromatic heterocycles. The molecule has 11 heteroatoms. The van der Waals surface area contributed by atoms with Crippen molar-refractivity contribution in [1.82, 2.24) is 10.2 Å². The maximum absolute atomic E-state index is 14.4. The van der Waals surface area contributed by atoms with E-state index in [1.165, 1.54) is 11.6 Å². The van der Waals surface area contributed by atoms with Crippen molar-refractivity contribution in [3.05, 3.63) is 88.7 Å². The molecule has 0 bridgehead atoms. The molecular formula is C41H57FN6O3S. The molecule has 0 aliphatic carbocycles. The van der Waals surface area contributed by atoms with Gasteiger partial charge in [-0.15, -0.1) is 0 Å². The Morgan fingerprint density at radius 3 is 2.50 bits per heavy atom. The molecule has 1 atom stereocenters. The van der Waals surface area contributed by atoms with Gasteiger partial charge in [-0.25, -0.2) is 4.39 Å². The minimum Gasteiger partial charge on any atom is -0.489 e. The minimum atomic E-state index is -0.565. The molecule has 9 nitrogen and oxygen atoms in total. The fourth-order valence-electron chi connectivity index (χ4n) is 6.74. The van der Waals surface area contributed by atoms with E-state index in [9.17, 15) is 9.18 Å². The third-order valence-corrected chi connectivity index (χ3v) is 10.0. The van der Waals surface area contributed by atoms with Crippen LogP contribution in [0.25, 0.3) is 0 Å². The number of halogens is 1. The number of nitrogens with two attached hydrogens (primary N) is 1. The van der Waals surface area contributed by atoms with E-state index in [1.807, 2.05) is 89.7 Å². The summed E-state index contributed by atoms with van der Waals surface area (Å²) in [5.41, 5.74) is 9.50. The molecule has 3 aromatic carbocycles. The van der Waals surface area contributed by atoms with E-state index in [0.29, 0.717) is 41.4 Å². The zero-order chi connectivity index (χ0) is 37.9. The third-order valence-electron chi connectivity index (χ3n) is 9.45. The molecule has 1 fully saturated rings. The molecule has 2 aliphatic rings. The number of nitrogens with one attached hydrogen (secondary N) is 2. The van der Waals surface area contributed by atoms with Crippen LogP contribution in [0.1, 0.15) is 87.4 Å². The second-order valence-corrected chi connectivity index (χ2v) is 15.4. The maximum atomic E-state index is 14.4. The van der Waals surface area contributed by atoms with Gasteiger partial charge in [-0.2, -0.15) is 17.0 Å². The number of carbonyl (C=O) groups excluding carboxylic acids is 1. The van der Waals surface area contributed by atoms with Crippen LogP contribution in [0.2, 0.25) is 0 Å². The number of carbonyl (C=O) groups is 1. The Hall–Kier alpha value is -3.82. The van der Waals surface area contributed by atoms with Crippen molar-refractivity contribution in [2.45, 2.75) is 84.3 Å². The monoisotopic (exact) mass is 732 g/mol. The number of likely N-dealkylation sites (tertiary alicyclic amines) is 1. The van der Waals surface area contributed by atoms with E-state index in [0.717, 1.165) is 56.1 Å². The SMILES string of the molecule is CC.CSCCN1c2cc(C(=O)NCC(C)(C)OC(C)(C)CN)ccc2NC1CN1CCC(c2cccc(OCc3ccc(C#N)cc3F)c2)CC1. The van der Waals surface area contributed by atoms with E-state index in [4.69, 9.17) is 20.5 Å². The largest absolute Gasteiger partial charge is 0.489 e. The summed E-state index contributed by atoms with van der Waals surface area (Å²) in [7, 11) is 0. The smallest absolute Gasteiger partial charge is 0.251 e. The topological polar surface area (TPSA) is 116 Å². The second-order valence-electron chi connectivity index (χ2n) is 14.4. The standard InChI is InChI=1S/C39H51FN6O3S.C2H6/c1-38(2,25-42)49-39(3,4)26-43-37(47)30-11-12-34-35(21-30)46(17-18-50-5)36(44-34)23-45-15-13-28(14-16-45)29-7-6-8-32(20-29)48-24-31-10-9-27(22-41)19-33(31)40;1-2/h6-12,19-21,28,36,44H,13-18,23-26,42H2,1-5H3,(H,43,47);1-2H3. The van der Waals surface area contributed by atoms with Crippen LogP contribution in [0.4, 0.5) is 15.8 Å². The summed E-state index contributed by atoms with van der Waals surface area (Å²) in [5, 5.41) is 15.8. The lowest BCUT2D eigenvalue weighted by Crippen LogP contribution is -2.48. The van der Waals surface area contributed by atoms with Crippen molar-refractivity contribution in [3.8, 4) is 11.8 Å². The summed E-state index contributed by atoms with van der Waals surface area (Å²) >= 11 is 1.82. The highest BCUT2D eigenvalue weighted by Gasteiger charge is 2.33. The molecule has 2 heterocycles. The Morgan fingerprint density at radius 1 is 1.08 bits per heavy atom. The van der Waals surface area contributed by atoms with Gasteiger partial charge in [0.25, 0.3) is 5.91 Å². The number of ether oxygens (including phenoxy) is 2. The van der Waals surface area contributed by atoms with Crippen molar-refractivity contribution in [2.75, 3.05) is 61.5 Å². The van der Waals surface area contributed by atoms with E-state index in [2.05, 4.69) is 38.8 Å². The number of rotatable bonds is 15. The Kier molecular flexibility index (Phi) is 14.8. The van der Waals surface area contributed by atoms with Crippen LogP contribution >= 0.6 is 11.8 Å². The summed E-state index contributed by atoms with van der Waals surface area (Å²) in [6.45, 7) is 16.4. The normalized spacial score (nSPS) is 16.3. The number of amides is 1. The van der Waals surface area contributed by atoms with Gasteiger partial charge in [-0.3, -0.25) is 9.69 Å². The molecular weight excluding hydrogens is 676 g/mol. The summed E-state index contributed by atoms with van der Waals surface area (Å²) in [6.07, 6.45) is 4.29. The lowest BCUT2D eigenvalue weighted by Gasteiger charge is -2.36. The summed E-state index contributed by atoms with van der Waals surface area (Å²) in [5.74, 6) is 1.56. The number of hydrogen-bond donors (Lipinski definition) is 3. The van der Waals surface area contributed by atoms with Gasteiger partial charge < -0.3 is 30.7 Å². The summed E-state index contributed by atoms with van der Waals surface area (Å²) in [6, 6.07) is 20.5. The molecule has 1 amide bonds. The number of anilines is 2. The van der Waals surface area contributed by atoms with Gasteiger partial charge in [0.2, 0.25) is 0 Å². The lowest BCUT2D eigenvalue weighted by atomic mass is 9.89. The van der Waals surface area contributed by atoms with Gasteiger partial charge in [-0.1, -0.05) is 32.0 Å². The Bertz CT molecular complexity index is 1670. The van der Waals surface area contributed by atoms with Crippen LogP contribution in [0.15, 0.2) is 60.7 Å². The first-order valence-corrected chi connectivity index (χ1v) is 19.8. The zero-order valence-corrected chi connectivity index (χ0v) is 32.7. The number of benzene rings is 3. The molecule has 3 aromatic rings. The van der Waals surface area contributed by atoms with E-state index >= 15 is 0 Å².